The van der Waals surface area contributed by atoms with Gasteiger partial charge in [-0.2, -0.15) is 5.10 Å². The summed E-state index contributed by atoms with van der Waals surface area (Å²) in [5.41, 5.74) is 3.73. The van der Waals surface area contributed by atoms with Crippen LogP contribution in [0.3, 0.4) is 0 Å². The van der Waals surface area contributed by atoms with Crippen molar-refractivity contribution in [1.82, 2.24) is 25.0 Å². The fourth-order valence-electron chi connectivity index (χ4n) is 5.39. The Balaban J connectivity index is 1.11. The molecule has 9 heteroatoms. The van der Waals surface area contributed by atoms with E-state index in [1.54, 1.807) is 23.0 Å². The van der Waals surface area contributed by atoms with E-state index in [1.165, 1.54) is 12.0 Å². The molecule has 3 N–H and O–H groups in total. The molecular weight excluding hydrogens is 456 g/mol. The zero-order chi connectivity index (χ0) is 25.1. The SMILES string of the molecule is Cn1ncc2c(C(=O)NC(CCN3CCC(CCc4ccc5c(n4)NCCC5)C3)C(=O)O)cccc21. The number of carboxylic acid groups (broad SMARTS) is 1. The number of carbonyl (C=O) groups excluding carboxylic acids is 1. The average Bonchev–Trinajstić information content (AvgIpc) is 3.51. The molecule has 1 amide bonds. The van der Waals surface area contributed by atoms with Crippen molar-refractivity contribution in [3.63, 3.8) is 0 Å². The van der Waals surface area contributed by atoms with Gasteiger partial charge in [-0.15, -0.1) is 0 Å². The maximum Gasteiger partial charge on any atom is 0.326 e. The van der Waals surface area contributed by atoms with E-state index < -0.39 is 12.0 Å². The lowest BCUT2D eigenvalue weighted by atomic mass is 10.00. The summed E-state index contributed by atoms with van der Waals surface area (Å²) in [5.74, 6) is 0.238. The first kappa shape index (κ1) is 24.2. The van der Waals surface area contributed by atoms with Crippen molar-refractivity contribution in [3.8, 4) is 0 Å². The summed E-state index contributed by atoms with van der Waals surface area (Å²) in [4.78, 5) is 31.9. The number of carboxylic acids is 1. The number of aromatic nitrogens is 3. The summed E-state index contributed by atoms with van der Waals surface area (Å²) in [7, 11) is 1.81. The lowest BCUT2D eigenvalue weighted by molar-refractivity contribution is -0.139. The summed E-state index contributed by atoms with van der Waals surface area (Å²) in [6, 6.07) is 8.81. The quantitative estimate of drug-likeness (QED) is 0.423. The monoisotopic (exact) mass is 490 g/mol. The van der Waals surface area contributed by atoms with Gasteiger partial charge in [0.05, 0.1) is 17.3 Å². The molecule has 2 aliphatic rings. The highest BCUT2D eigenvalue weighted by molar-refractivity contribution is 6.07. The Hall–Kier alpha value is -3.46. The predicted molar refractivity (Wildman–Crippen MR) is 138 cm³/mol. The number of carbonyl (C=O) groups is 2. The van der Waals surface area contributed by atoms with Gasteiger partial charge in [-0.05, 0) is 74.8 Å². The van der Waals surface area contributed by atoms with Crippen LogP contribution in [0.4, 0.5) is 5.82 Å². The molecule has 1 fully saturated rings. The van der Waals surface area contributed by atoms with E-state index in [2.05, 4.69) is 32.8 Å². The van der Waals surface area contributed by atoms with Gasteiger partial charge in [0.15, 0.2) is 0 Å². The summed E-state index contributed by atoms with van der Waals surface area (Å²) < 4.78 is 1.70. The van der Waals surface area contributed by atoms with Gasteiger partial charge in [0.2, 0.25) is 0 Å². The molecule has 0 bridgehead atoms. The highest BCUT2D eigenvalue weighted by Crippen LogP contribution is 2.24. The van der Waals surface area contributed by atoms with Crippen LogP contribution in [0.2, 0.25) is 0 Å². The zero-order valence-electron chi connectivity index (χ0n) is 20.7. The topological polar surface area (TPSA) is 112 Å². The molecule has 2 unspecified atom stereocenters. The number of likely N-dealkylation sites (tertiary alicyclic amines) is 1. The number of benzene rings is 1. The Morgan fingerprint density at radius 3 is 3.03 bits per heavy atom. The standard InChI is InChI=1S/C27H34N6O3/c1-32-24-6-2-5-21(22(24)16-29-32)26(34)31-23(27(35)36)12-15-33-14-11-18(17-33)7-9-20-10-8-19-4-3-13-28-25(19)30-20/h2,5-6,8,10,16,18,23H,3-4,7,9,11-15,17H2,1H3,(H,28,30)(H,31,34)(H,35,36). The zero-order valence-corrected chi connectivity index (χ0v) is 20.7. The minimum Gasteiger partial charge on any atom is -0.480 e. The maximum atomic E-state index is 12.9. The van der Waals surface area contributed by atoms with Crippen LogP contribution in [-0.2, 0) is 24.7 Å². The van der Waals surface area contributed by atoms with Gasteiger partial charge in [0, 0.05) is 37.8 Å². The fraction of sp³-hybridized carbons (Fsp3) is 0.481. The van der Waals surface area contributed by atoms with Crippen molar-refractivity contribution in [2.75, 3.05) is 31.5 Å². The number of anilines is 1. The third-order valence-electron chi connectivity index (χ3n) is 7.50. The number of hydrogen-bond donors (Lipinski definition) is 3. The molecule has 2 atom stereocenters. The molecular formula is C27H34N6O3. The molecule has 0 aliphatic carbocycles. The minimum atomic E-state index is -1.01. The Bertz CT molecular complexity index is 1260. The first-order chi connectivity index (χ1) is 17.5. The number of pyridine rings is 1. The van der Waals surface area contributed by atoms with Crippen molar-refractivity contribution in [3.05, 3.63) is 53.3 Å². The molecule has 36 heavy (non-hydrogen) atoms. The number of rotatable bonds is 9. The second kappa shape index (κ2) is 10.7. The third-order valence-corrected chi connectivity index (χ3v) is 7.50. The summed E-state index contributed by atoms with van der Waals surface area (Å²) in [5, 5.41) is 20.8. The van der Waals surface area contributed by atoms with Crippen molar-refractivity contribution in [2.45, 2.75) is 44.6 Å². The Morgan fingerprint density at radius 2 is 2.17 bits per heavy atom. The molecule has 1 aromatic carbocycles. The molecule has 3 aromatic rings. The smallest absolute Gasteiger partial charge is 0.326 e. The number of amides is 1. The normalized spacial score (nSPS) is 18.5. The van der Waals surface area contributed by atoms with Crippen LogP contribution in [-0.4, -0.2) is 68.9 Å². The van der Waals surface area contributed by atoms with Gasteiger partial charge >= 0.3 is 5.97 Å². The Kier molecular flexibility index (Phi) is 7.18. The van der Waals surface area contributed by atoms with Crippen molar-refractivity contribution in [1.29, 1.82) is 0 Å². The molecule has 4 heterocycles. The summed E-state index contributed by atoms with van der Waals surface area (Å²) >= 11 is 0. The molecule has 2 aromatic heterocycles. The number of hydrogen-bond acceptors (Lipinski definition) is 6. The van der Waals surface area contributed by atoms with E-state index in [-0.39, 0.29) is 5.91 Å². The first-order valence-corrected chi connectivity index (χ1v) is 12.9. The van der Waals surface area contributed by atoms with Gasteiger partial charge in [-0.25, -0.2) is 9.78 Å². The third kappa shape index (κ3) is 5.36. The first-order valence-electron chi connectivity index (χ1n) is 12.9. The molecule has 0 spiro atoms. The number of fused-ring (bicyclic) bond motifs is 2. The molecule has 0 radical (unpaired) electrons. The van der Waals surface area contributed by atoms with Crippen LogP contribution >= 0.6 is 0 Å². The van der Waals surface area contributed by atoms with Crippen LogP contribution in [0.15, 0.2) is 36.5 Å². The second-order valence-electron chi connectivity index (χ2n) is 9.99. The molecule has 190 valence electrons. The molecule has 0 saturated carbocycles. The van der Waals surface area contributed by atoms with Crippen LogP contribution in [0.25, 0.3) is 10.9 Å². The van der Waals surface area contributed by atoms with Gasteiger partial charge in [0.1, 0.15) is 11.9 Å². The lowest BCUT2D eigenvalue weighted by Gasteiger charge is -2.20. The molecule has 5 rings (SSSR count). The van der Waals surface area contributed by atoms with E-state index in [1.807, 2.05) is 13.1 Å². The number of nitrogens with one attached hydrogen (secondary N) is 2. The van der Waals surface area contributed by atoms with E-state index in [0.29, 0.717) is 29.8 Å². The molecule has 2 aliphatic heterocycles. The summed E-state index contributed by atoms with van der Waals surface area (Å²) in [6.45, 7) is 3.56. The number of aliphatic carboxylic acids is 1. The number of nitrogens with zero attached hydrogens (tertiary/aromatic N) is 4. The Morgan fingerprint density at radius 1 is 1.28 bits per heavy atom. The van der Waals surface area contributed by atoms with Gasteiger partial charge in [0.25, 0.3) is 5.91 Å². The fourth-order valence-corrected chi connectivity index (χ4v) is 5.39. The maximum absolute atomic E-state index is 12.9. The lowest BCUT2D eigenvalue weighted by Crippen LogP contribution is -2.43. The highest BCUT2D eigenvalue weighted by atomic mass is 16.4. The van der Waals surface area contributed by atoms with Gasteiger partial charge in [-0.1, -0.05) is 12.1 Å². The second-order valence-corrected chi connectivity index (χ2v) is 9.99. The molecule has 1 saturated heterocycles. The van der Waals surface area contributed by atoms with E-state index in [9.17, 15) is 14.7 Å². The molecule has 9 nitrogen and oxygen atoms in total. The largest absolute Gasteiger partial charge is 0.480 e. The van der Waals surface area contributed by atoms with Crippen LogP contribution in [0, 0.1) is 5.92 Å². The average molecular weight is 491 g/mol. The van der Waals surface area contributed by atoms with E-state index in [0.717, 1.165) is 62.3 Å². The van der Waals surface area contributed by atoms with Crippen LogP contribution < -0.4 is 10.6 Å². The van der Waals surface area contributed by atoms with E-state index >= 15 is 0 Å². The number of aryl methyl sites for hydroxylation is 3. The summed E-state index contributed by atoms with van der Waals surface area (Å²) in [6.07, 6.45) is 7.42. The Labute approximate surface area is 210 Å². The van der Waals surface area contributed by atoms with Crippen molar-refractivity contribution < 1.29 is 14.7 Å². The predicted octanol–water partition coefficient (Wildman–Crippen LogP) is 2.85. The van der Waals surface area contributed by atoms with E-state index in [4.69, 9.17) is 4.98 Å². The van der Waals surface area contributed by atoms with Gasteiger partial charge < -0.3 is 20.6 Å². The van der Waals surface area contributed by atoms with Crippen LogP contribution in [0.1, 0.15) is 47.3 Å². The van der Waals surface area contributed by atoms with Crippen molar-refractivity contribution in [2.24, 2.45) is 13.0 Å². The van der Waals surface area contributed by atoms with Gasteiger partial charge in [-0.3, -0.25) is 9.48 Å². The highest BCUT2D eigenvalue weighted by Gasteiger charge is 2.26. The van der Waals surface area contributed by atoms with Crippen LogP contribution in [0.5, 0.6) is 0 Å². The van der Waals surface area contributed by atoms with Crippen molar-refractivity contribution >= 4 is 28.6 Å². The minimum absolute atomic E-state index is 0.370.